The molecule has 1 N–H and O–H groups in total. The van der Waals surface area contributed by atoms with E-state index in [1.807, 2.05) is 29.6 Å². The Labute approximate surface area is 284 Å². The summed E-state index contributed by atoms with van der Waals surface area (Å²) in [7, 11) is 4.63. The molecule has 1 aliphatic rings. The summed E-state index contributed by atoms with van der Waals surface area (Å²) >= 11 is 2.72. The van der Waals surface area contributed by atoms with E-state index >= 15 is 0 Å². The van der Waals surface area contributed by atoms with E-state index in [0.29, 0.717) is 45.9 Å². The van der Waals surface area contributed by atoms with Gasteiger partial charge in [-0.1, -0.05) is 42.1 Å². The maximum atomic E-state index is 14.0. The Hall–Kier alpha value is -5.21. The molecule has 3 aromatic carbocycles. The molecule has 48 heavy (non-hydrogen) atoms. The van der Waals surface area contributed by atoms with Crippen LogP contribution >= 0.6 is 23.1 Å². The van der Waals surface area contributed by atoms with E-state index in [9.17, 15) is 14.0 Å². The summed E-state index contributed by atoms with van der Waals surface area (Å²) in [6, 6.07) is 21.7. The Balaban J connectivity index is 1.26. The number of benzene rings is 3. The monoisotopic (exact) mass is 686 g/mol. The van der Waals surface area contributed by atoms with Gasteiger partial charge in [-0.15, -0.1) is 21.5 Å². The SMILES string of the molecule is COc1ccccc1C(=O)NCc1nnc(SCC(=O)N2N=C(c3cccs3)CC2c2cccc(OC)c2OC)n1-c1ccc(F)cc1. The van der Waals surface area contributed by atoms with Gasteiger partial charge in [0.05, 0.1) is 55.8 Å². The van der Waals surface area contributed by atoms with Crippen LogP contribution in [0.25, 0.3) is 5.69 Å². The van der Waals surface area contributed by atoms with Crippen molar-refractivity contribution in [2.24, 2.45) is 5.10 Å². The number of nitrogens with zero attached hydrogens (tertiary/aromatic N) is 5. The predicted octanol–water partition coefficient (Wildman–Crippen LogP) is 5.89. The molecule has 0 saturated heterocycles. The molecule has 1 atom stereocenters. The van der Waals surface area contributed by atoms with Crippen LogP contribution in [0, 0.1) is 5.82 Å². The third-order valence-corrected chi connectivity index (χ3v) is 9.47. The second kappa shape index (κ2) is 14.7. The van der Waals surface area contributed by atoms with Crippen LogP contribution in [0.1, 0.15) is 39.1 Å². The number of hydrogen-bond donors (Lipinski definition) is 1. The number of carbonyl (C=O) groups is 2. The van der Waals surface area contributed by atoms with Crippen LogP contribution in [-0.4, -0.2) is 64.4 Å². The summed E-state index contributed by atoms with van der Waals surface area (Å²) in [4.78, 5) is 28.0. The normalized spacial score (nSPS) is 14.0. The molecule has 0 spiro atoms. The summed E-state index contributed by atoms with van der Waals surface area (Å²) in [5.74, 6) is 0.845. The zero-order valence-electron chi connectivity index (χ0n) is 26.3. The van der Waals surface area contributed by atoms with E-state index in [0.717, 1.165) is 27.9 Å². The zero-order chi connectivity index (χ0) is 33.6. The highest BCUT2D eigenvalue weighted by Gasteiger charge is 2.36. The van der Waals surface area contributed by atoms with Crippen molar-refractivity contribution in [2.45, 2.75) is 24.2 Å². The van der Waals surface area contributed by atoms with Gasteiger partial charge in [0.2, 0.25) is 0 Å². The van der Waals surface area contributed by atoms with Crippen molar-refractivity contribution in [3.63, 3.8) is 0 Å². The van der Waals surface area contributed by atoms with Gasteiger partial charge in [0, 0.05) is 17.7 Å². The third kappa shape index (κ3) is 6.75. The molecular weight excluding hydrogens is 656 g/mol. The standard InChI is InChI=1S/C34H31FN6O5S2/c1-44-27-10-5-4-8-24(27)33(43)36-19-30-37-38-34(40(30)22-15-13-21(35)14-16-22)48-20-31(42)41-26(18-25(39-41)29-12-7-17-47-29)23-9-6-11-28(45-2)32(23)46-3/h4-17,26H,18-20H2,1-3H3,(H,36,43). The number of thiophene rings is 1. The number of hydrogen-bond acceptors (Lipinski definition) is 10. The van der Waals surface area contributed by atoms with E-state index in [4.69, 9.17) is 19.3 Å². The molecule has 0 aliphatic carbocycles. The lowest BCUT2D eigenvalue weighted by Crippen LogP contribution is -2.29. The molecule has 0 saturated carbocycles. The molecule has 1 aliphatic heterocycles. The fourth-order valence-electron chi connectivity index (χ4n) is 5.39. The van der Waals surface area contributed by atoms with Gasteiger partial charge in [0.15, 0.2) is 22.5 Å². The molecule has 246 valence electrons. The number of para-hydroxylation sites is 2. The minimum absolute atomic E-state index is 0.00800. The van der Waals surface area contributed by atoms with Gasteiger partial charge < -0.3 is 19.5 Å². The van der Waals surface area contributed by atoms with Crippen molar-refractivity contribution in [1.29, 1.82) is 0 Å². The highest BCUT2D eigenvalue weighted by atomic mass is 32.2. The summed E-state index contributed by atoms with van der Waals surface area (Å²) in [6.07, 6.45) is 0.488. The predicted molar refractivity (Wildman–Crippen MR) is 181 cm³/mol. The van der Waals surface area contributed by atoms with Crippen LogP contribution in [0.4, 0.5) is 4.39 Å². The summed E-state index contributed by atoms with van der Waals surface area (Å²) in [5.41, 5.74) is 2.49. The number of aromatic nitrogens is 3. The van der Waals surface area contributed by atoms with Crippen LogP contribution in [0.15, 0.2) is 94.5 Å². The second-order valence-electron chi connectivity index (χ2n) is 10.4. The Morgan fingerprint density at radius 3 is 2.44 bits per heavy atom. The Kier molecular flexibility index (Phi) is 10.0. The average molecular weight is 687 g/mol. The van der Waals surface area contributed by atoms with Gasteiger partial charge in [0.1, 0.15) is 11.6 Å². The number of halogens is 1. The molecule has 0 fully saturated rings. The third-order valence-electron chi connectivity index (χ3n) is 7.63. The Morgan fingerprint density at radius 1 is 0.938 bits per heavy atom. The van der Waals surface area contributed by atoms with Crippen molar-refractivity contribution in [3.8, 4) is 22.9 Å². The maximum absolute atomic E-state index is 14.0. The number of methoxy groups -OCH3 is 3. The van der Waals surface area contributed by atoms with Gasteiger partial charge in [-0.05, 0) is 53.9 Å². The highest BCUT2D eigenvalue weighted by molar-refractivity contribution is 7.99. The van der Waals surface area contributed by atoms with E-state index in [-0.39, 0.29) is 24.1 Å². The smallest absolute Gasteiger partial charge is 0.255 e. The lowest BCUT2D eigenvalue weighted by molar-refractivity contribution is -0.130. The summed E-state index contributed by atoms with van der Waals surface area (Å²) in [5, 5.41) is 20.1. The van der Waals surface area contributed by atoms with Crippen LogP contribution in [-0.2, 0) is 11.3 Å². The molecule has 14 heteroatoms. The van der Waals surface area contributed by atoms with Crippen LogP contribution < -0.4 is 19.5 Å². The lowest BCUT2D eigenvalue weighted by atomic mass is 9.99. The van der Waals surface area contributed by atoms with E-state index in [1.54, 1.807) is 72.6 Å². The molecule has 2 amide bonds. The molecule has 0 radical (unpaired) electrons. The van der Waals surface area contributed by atoms with Gasteiger partial charge in [0.25, 0.3) is 11.8 Å². The van der Waals surface area contributed by atoms with Crippen molar-refractivity contribution in [2.75, 3.05) is 27.1 Å². The van der Waals surface area contributed by atoms with Crippen molar-refractivity contribution in [3.05, 3.63) is 112 Å². The molecule has 11 nitrogen and oxygen atoms in total. The number of rotatable bonds is 12. The first-order valence-corrected chi connectivity index (χ1v) is 16.7. The molecular formula is C34H31FN6O5S2. The number of nitrogens with one attached hydrogen (secondary N) is 1. The number of carbonyl (C=O) groups excluding carboxylic acids is 2. The fraction of sp³-hybridized carbons (Fsp3) is 0.206. The van der Waals surface area contributed by atoms with Crippen LogP contribution in [0.5, 0.6) is 17.2 Å². The average Bonchev–Trinajstić information content (AvgIpc) is 3.90. The maximum Gasteiger partial charge on any atom is 0.255 e. The van der Waals surface area contributed by atoms with Gasteiger partial charge in [-0.25, -0.2) is 9.40 Å². The van der Waals surface area contributed by atoms with Crippen molar-refractivity contribution >= 4 is 40.6 Å². The quantitative estimate of drug-likeness (QED) is 0.161. The summed E-state index contributed by atoms with van der Waals surface area (Å²) < 4.78 is 32.1. The minimum Gasteiger partial charge on any atom is -0.496 e. The number of amides is 2. The first kappa shape index (κ1) is 32.7. The topological polar surface area (TPSA) is 120 Å². The first-order chi connectivity index (χ1) is 23.4. The molecule has 5 aromatic rings. The van der Waals surface area contributed by atoms with E-state index in [2.05, 4.69) is 15.5 Å². The lowest BCUT2D eigenvalue weighted by Gasteiger charge is -2.24. The largest absolute Gasteiger partial charge is 0.496 e. The van der Waals surface area contributed by atoms with Gasteiger partial charge in [-0.3, -0.25) is 14.2 Å². The van der Waals surface area contributed by atoms with Gasteiger partial charge >= 0.3 is 0 Å². The molecule has 2 aromatic heterocycles. The molecule has 0 bridgehead atoms. The summed E-state index contributed by atoms with van der Waals surface area (Å²) in [6.45, 7) is 0.00800. The van der Waals surface area contributed by atoms with Crippen LogP contribution in [0.2, 0.25) is 0 Å². The minimum atomic E-state index is -0.434. The van der Waals surface area contributed by atoms with Gasteiger partial charge in [-0.2, -0.15) is 5.10 Å². The zero-order valence-corrected chi connectivity index (χ0v) is 27.9. The molecule has 3 heterocycles. The van der Waals surface area contributed by atoms with E-state index in [1.165, 1.54) is 24.3 Å². The molecule has 1 unspecified atom stereocenters. The Morgan fingerprint density at radius 2 is 1.71 bits per heavy atom. The Bertz CT molecular complexity index is 1950. The highest BCUT2D eigenvalue weighted by Crippen LogP contribution is 2.42. The number of thioether (sulfide) groups is 1. The van der Waals surface area contributed by atoms with Crippen molar-refractivity contribution < 1.29 is 28.2 Å². The number of hydrazone groups is 1. The first-order valence-electron chi connectivity index (χ1n) is 14.8. The van der Waals surface area contributed by atoms with Crippen LogP contribution in [0.3, 0.4) is 0 Å². The number of ether oxygens (including phenoxy) is 3. The fourth-order valence-corrected chi connectivity index (χ4v) is 6.93. The second-order valence-corrected chi connectivity index (χ2v) is 12.3. The van der Waals surface area contributed by atoms with E-state index < -0.39 is 11.9 Å². The molecule has 6 rings (SSSR count). The van der Waals surface area contributed by atoms with Crippen molar-refractivity contribution in [1.82, 2.24) is 25.1 Å².